The Bertz CT molecular complexity index is 677. The lowest BCUT2D eigenvalue weighted by molar-refractivity contribution is -0.113. The van der Waals surface area contributed by atoms with Gasteiger partial charge in [-0.1, -0.05) is 6.07 Å². The average Bonchev–Trinajstić information content (AvgIpc) is 2.43. The molecule has 2 rings (SSSR count). The number of halogens is 2. The van der Waals surface area contributed by atoms with E-state index in [1.165, 1.54) is 0 Å². The Morgan fingerprint density at radius 2 is 2.00 bits per heavy atom. The average molecular weight is 308 g/mol. The molecule has 0 aromatic heterocycles. The molecular formula is C15H14F2N2OS. The van der Waals surface area contributed by atoms with Crippen LogP contribution in [0, 0.1) is 18.6 Å². The zero-order valence-corrected chi connectivity index (χ0v) is 12.1. The summed E-state index contributed by atoms with van der Waals surface area (Å²) >= 11 is 0.930. The largest absolute Gasteiger partial charge is 0.397 e. The summed E-state index contributed by atoms with van der Waals surface area (Å²) in [6.07, 6.45) is 0. The Hall–Kier alpha value is -2.08. The Balaban J connectivity index is 1.97. The predicted octanol–water partition coefficient (Wildman–Crippen LogP) is 3.59. The van der Waals surface area contributed by atoms with Gasteiger partial charge in [0, 0.05) is 4.90 Å². The van der Waals surface area contributed by atoms with Gasteiger partial charge in [-0.15, -0.1) is 11.8 Å². The minimum atomic E-state index is -0.552. The summed E-state index contributed by atoms with van der Waals surface area (Å²) in [5.41, 5.74) is 7.75. The van der Waals surface area contributed by atoms with Crippen molar-refractivity contribution in [3.05, 3.63) is 53.6 Å². The number of nitrogens with one attached hydrogen (secondary N) is 1. The van der Waals surface area contributed by atoms with E-state index in [1.807, 2.05) is 13.0 Å². The van der Waals surface area contributed by atoms with E-state index >= 15 is 0 Å². The fourth-order valence-electron chi connectivity index (χ4n) is 1.71. The van der Waals surface area contributed by atoms with E-state index in [1.54, 1.807) is 12.1 Å². The first-order valence-corrected chi connectivity index (χ1v) is 7.18. The van der Waals surface area contributed by atoms with Crippen molar-refractivity contribution in [2.45, 2.75) is 11.8 Å². The quantitative estimate of drug-likeness (QED) is 0.670. The highest BCUT2D eigenvalue weighted by Crippen LogP contribution is 2.24. The highest BCUT2D eigenvalue weighted by atomic mass is 32.2. The van der Waals surface area contributed by atoms with Gasteiger partial charge in [-0.05, 0) is 42.8 Å². The molecule has 110 valence electrons. The molecule has 0 spiro atoms. The molecule has 0 heterocycles. The maximum Gasteiger partial charge on any atom is 0.234 e. The minimum Gasteiger partial charge on any atom is -0.397 e. The van der Waals surface area contributed by atoms with Crippen molar-refractivity contribution in [1.29, 1.82) is 0 Å². The zero-order chi connectivity index (χ0) is 15.4. The van der Waals surface area contributed by atoms with Crippen LogP contribution in [0.1, 0.15) is 5.56 Å². The van der Waals surface area contributed by atoms with Gasteiger partial charge in [-0.2, -0.15) is 0 Å². The maximum absolute atomic E-state index is 13.4. The molecule has 2 aromatic carbocycles. The second-order valence-electron chi connectivity index (χ2n) is 4.50. The fraction of sp³-hybridized carbons (Fsp3) is 0.133. The highest BCUT2D eigenvalue weighted by Gasteiger charge is 2.09. The molecule has 3 N–H and O–H groups in total. The van der Waals surface area contributed by atoms with Crippen LogP contribution in [0.15, 0.2) is 41.3 Å². The van der Waals surface area contributed by atoms with Crippen LogP contribution in [-0.4, -0.2) is 11.7 Å². The lowest BCUT2D eigenvalue weighted by Gasteiger charge is -2.09. The summed E-state index contributed by atoms with van der Waals surface area (Å²) in [5.74, 6) is -1.46. The Labute approximate surface area is 125 Å². The molecule has 0 saturated heterocycles. The molecule has 0 radical (unpaired) electrons. The SMILES string of the molecule is Cc1ccc(NC(=O)CSc2cc(F)ccc2F)c(N)c1. The number of thioether (sulfide) groups is 1. The van der Waals surface area contributed by atoms with Gasteiger partial charge in [-0.25, -0.2) is 8.78 Å². The second kappa shape index (κ2) is 6.58. The van der Waals surface area contributed by atoms with Crippen molar-refractivity contribution in [2.75, 3.05) is 16.8 Å². The molecule has 6 heteroatoms. The standard InChI is InChI=1S/C15H14F2N2OS/c1-9-2-5-13(12(18)6-9)19-15(20)8-21-14-7-10(16)3-4-11(14)17/h2-7H,8,18H2,1H3,(H,19,20). The van der Waals surface area contributed by atoms with Crippen LogP contribution >= 0.6 is 11.8 Å². The molecule has 2 aromatic rings. The van der Waals surface area contributed by atoms with Gasteiger partial charge in [0.2, 0.25) is 5.91 Å². The molecule has 1 amide bonds. The van der Waals surface area contributed by atoms with E-state index in [0.29, 0.717) is 11.4 Å². The number of rotatable bonds is 4. The number of benzene rings is 2. The fourth-order valence-corrected chi connectivity index (χ4v) is 2.47. The second-order valence-corrected chi connectivity index (χ2v) is 5.52. The van der Waals surface area contributed by atoms with Crippen LogP contribution < -0.4 is 11.1 Å². The van der Waals surface area contributed by atoms with E-state index in [2.05, 4.69) is 5.32 Å². The summed E-state index contributed by atoms with van der Waals surface area (Å²) in [7, 11) is 0. The van der Waals surface area contributed by atoms with E-state index in [-0.39, 0.29) is 16.6 Å². The first kappa shape index (κ1) is 15.3. The number of anilines is 2. The van der Waals surface area contributed by atoms with Crippen molar-refractivity contribution in [3.63, 3.8) is 0 Å². The molecule has 0 aliphatic rings. The van der Waals surface area contributed by atoms with E-state index < -0.39 is 11.6 Å². The van der Waals surface area contributed by atoms with Crippen molar-refractivity contribution >= 4 is 29.0 Å². The van der Waals surface area contributed by atoms with Gasteiger partial charge >= 0.3 is 0 Å². The molecule has 0 aliphatic carbocycles. The van der Waals surface area contributed by atoms with Crippen LogP contribution in [0.4, 0.5) is 20.2 Å². The zero-order valence-electron chi connectivity index (χ0n) is 11.3. The van der Waals surface area contributed by atoms with Crippen LogP contribution in [0.3, 0.4) is 0 Å². The van der Waals surface area contributed by atoms with Gasteiger partial charge in [0.15, 0.2) is 0 Å². The lowest BCUT2D eigenvalue weighted by atomic mass is 10.2. The summed E-state index contributed by atoms with van der Waals surface area (Å²) in [6.45, 7) is 1.89. The van der Waals surface area contributed by atoms with Crippen molar-refractivity contribution in [2.24, 2.45) is 0 Å². The summed E-state index contributed by atoms with van der Waals surface area (Å²) in [5, 5.41) is 2.64. The van der Waals surface area contributed by atoms with Gasteiger partial charge < -0.3 is 11.1 Å². The van der Waals surface area contributed by atoms with Crippen LogP contribution in [0.25, 0.3) is 0 Å². The Morgan fingerprint density at radius 3 is 2.71 bits per heavy atom. The van der Waals surface area contributed by atoms with Gasteiger partial charge in [-0.3, -0.25) is 4.79 Å². The third-order valence-electron chi connectivity index (χ3n) is 2.73. The molecular weight excluding hydrogens is 294 g/mol. The highest BCUT2D eigenvalue weighted by molar-refractivity contribution is 8.00. The Morgan fingerprint density at radius 1 is 1.24 bits per heavy atom. The number of carbonyl (C=O) groups excluding carboxylic acids is 1. The number of nitrogen functional groups attached to an aromatic ring is 1. The summed E-state index contributed by atoms with van der Waals surface area (Å²) in [4.78, 5) is 11.9. The number of amides is 1. The topological polar surface area (TPSA) is 55.1 Å². The van der Waals surface area contributed by atoms with E-state index in [0.717, 1.165) is 35.5 Å². The van der Waals surface area contributed by atoms with Gasteiger partial charge in [0.1, 0.15) is 11.6 Å². The number of hydrogen-bond acceptors (Lipinski definition) is 3. The van der Waals surface area contributed by atoms with Crippen LogP contribution in [0.2, 0.25) is 0 Å². The normalized spacial score (nSPS) is 10.4. The number of hydrogen-bond donors (Lipinski definition) is 2. The number of carbonyl (C=O) groups is 1. The van der Waals surface area contributed by atoms with E-state index in [9.17, 15) is 13.6 Å². The smallest absolute Gasteiger partial charge is 0.234 e. The molecule has 0 fully saturated rings. The van der Waals surface area contributed by atoms with Crippen molar-refractivity contribution < 1.29 is 13.6 Å². The monoisotopic (exact) mass is 308 g/mol. The van der Waals surface area contributed by atoms with Crippen molar-refractivity contribution in [1.82, 2.24) is 0 Å². The van der Waals surface area contributed by atoms with Crippen molar-refractivity contribution in [3.8, 4) is 0 Å². The Kier molecular flexibility index (Phi) is 4.80. The summed E-state index contributed by atoms with van der Waals surface area (Å²) < 4.78 is 26.4. The summed E-state index contributed by atoms with van der Waals surface area (Å²) in [6, 6.07) is 8.41. The number of nitrogens with two attached hydrogens (primary N) is 1. The third kappa shape index (κ3) is 4.19. The molecule has 0 bridgehead atoms. The molecule has 0 saturated carbocycles. The maximum atomic E-state index is 13.4. The first-order chi connectivity index (χ1) is 9.95. The minimum absolute atomic E-state index is 0.0340. The van der Waals surface area contributed by atoms with Gasteiger partial charge in [0.05, 0.1) is 17.1 Å². The number of aryl methyl sites for hydroxylation is 1. The predicted molar refractivity (Wildman–Crippen MR) is 81.3 cm³/mol. The van der Waals surface area contributed by atoms with E-state index in [4.69, 9.17) is 5.73 Å². The lowest BCUT2D eigenvalue weighted by Crippen LogP contribution is -2.15. The molecule has 21 heavy (non-hydrogen) atoms. The molecule has 0 aliphatic heterocycles. The molecule has 0 atom stereocenters. The molecule has 3 nitrogen and oxygen atoms in total. The first-order valence-electron chi connectivity index (χ1n) is 6.19. The third-order valence-corrected chi connectivity index (χ3v) is 3.76. The molecule has 0 unspecified atom stereocenters. The van der Waals surface area contributed by atoms with Crippen LogP contribution in [-0.2, 0) is 4.79 Å². The van der Waals surface area contributed by atoms with Gasteiger partial charge in [0.25, 0.3) is 0 Å². The van der Waals surface area contributed by atoms with Crippen LogP contribution in [0.5, 0.6) is 0 Å².